The molecular weight excluding hydrogens is 329 g/mol. The number of hydrogen-bond acceptors (Lipinski definition) is 5. The molecule has 0 fully saturated rings. The number of aromatic nitrogens is 1. The molecule has 0 atom stereocenters. The van der Waals surface area contributed by atoms with E-state index in [0.29, 0.717) is 5.69 Å². The van der Waals surface area contributed by atoms with Crippen LogP contribution in [0.1, 0.15) is 13.8 Å². The molecule has 7 nitrogen and oxygen atoms in total. The fraction of sp³-hybridized carbons (Fsp3) is 0.462. The maximum Gasteiger partial charge on any atom is 0.243 e. The van der Waals surface area contributed by atoms with Crippen molar-refractivity contribution >= 4 is 48.1 Å². The number of nitrogens with one attached hydrogen (secondary N) is 2. The van der Waals surface area contributed by atoms with Crippen molar-refractivity contribution in [3.8, 4) is 0 Å². The van der Waals surface area contributed by atoms with Gasteiger partial charge < -0.3 is 21.3 Å². The predicted octanol–water partition coefficient (Wildman–Crippen LogP) is 0.785. The molecule has 0 aliphatic heterocycles. The van der Waals surface area contributed by atoms with Crippen molar-refractivity contribution < 1.29 is 9.59 Å². The summed E-state index contributed by atoms with van der Waals surface area (Å²) in [7, 11) is 0. The van der Waals surface area contributed by atoms with E-state index in [0.717, 1.165) is 18.9 Å². The Balaban J connectivity index is 0. The number of nitrogens with zero attached hydrogens (tertiary/aromatic N) is 2. The molecule has 0 unspecified atom stereocenters. The van der Waals surface area contributed by atoms with Gasteiger partial charge in [-0.3, -0.25) is 9.59 Å². The number of halogens is 2. The second kappa shape index (κ2) is 12.0. The SMILES string of the molecule is CCN(CC)c1ccc(NC(=O)CNC(=O)CN)cn1.Cl.Cl. The fourth-order valence-electron chi connectivity index (χ4n) is 1.65. The first-order valence-electron chi connectivity index (χ1n) is 6.58. The van der Waals surface area contributed by atoms with Crippen molar-refractivity contribution in [2.24, 2.45) is 5.73 Å². The van der Waals surface area contributed by atoms with Crippen LogP contribution in [0.5, 0.6) is 0 Å². The lowest BCUT2D eigenvalue weighted by molar-refractivity contribution is -0.123. The van der Waals surface area contributed by atoms with E-state index in [-0.39, 0.29) is 49.7 Å². The molecule has 0 radical (unpaired) electrons. The molecule has 1 aromatic heterocycles. The average Bonchev–Trinajstić information content (AvgIpc) is 2.47. The number of carbonyl (C=O) groups excluding carboxylic acids is 2. The predicted molar refractivity (Wildman–Crippen MR) is 93.0 cm³/mol. The van der Waals surface area contributed by atoms with Crippen LogP contribution in [0.25, 0.3) is 0 Å². The van der Waals surface area contributed by atoms with Gasteiger partial charge in [0.25, 0.3) is 0 Å². The molecule has 0 bridgehead atoms. The second-order valence-corrected chi connectivity index (χ2v) is 4.11. The monoisotopic (exact) mass is 351 g/mol. The third kappa shape index (κ3) is 7.44. The summed E-state index contributed by atoms with van der Waals surface area (Å²) in [4.78, 5) is 28.9. The summed E-state index contributed by atoms with van der Waals surface area (Å²) in [5.41, 5.74) is 5.71. The third-order valence-corrected chi connectivity index (χ3v) is 2.75. The molecule has 0 saturated carbocycles. The van der Waals surface area contributed by atoms with Gasteiger partial charge in [-0.25, -0.2) is 4.98 Å². The van der Waals surface area contributed by atoms with Crippen LogP contribution >= 0.6 is 24.8 Å². The molecule has 22 heavy (non-hydrogen) atoms. The van der Waals surface area contributed by atoms with Crippen molar-refractivity contribution in [1.29, 1.82) is 0 Å². The van der Waals surface area contributed by atoms with Crippen molar-refractivity contribution in [1.82, 2.24) is 10.3 Å². The number of hydrogen-bond donors (Lipinski definition) is 3. The van der Waals surface area contributed by atoms with E-state index in [1.807, 2.05) is 6.07 Å². The Morgan fingerprint density at radius 3 is 2.27 bits per heavy atom. The van der Waals surface area contributed by atoms with Gasteiger partial charge in [0.05, 0.1) is 25.0 Å². The Morgan fingerprint density at radius 2 is 1.82 bits per heavy atom. The normalized spacial score (nSPS) is 9.05. The number of anilines is 2. The largest absolute Gasteiger partial charge is 0.357 e. The molecule has 0 aliphatic rings. The highest BCUT2D eigenvalue weighted by atomic mass is 35.5. The van der Waals surface area contributed by atoms with Crippen molar-refractivity contribution in [3.63, 3.8) is 0 Å². The molecule has 1 heterocycles. The summed E-state index contributed by atoms with van der Waals surface area (Å²) in [5.74, 6) is 0.184. The lowest BCUT2D eigenvalue weighted by Crippen LogP contribution is -2.36. The van der Waals surface area contributed by atoms with Gasteiger partial charge in [-0.05, 0) is 26.0 Å². The summed E-state index contributed by atoms with van der Waals surface area (Å²) >= 11 is 0. The lowest BCUT2D eigenvalue weighted by Gasteiger charge is -2.19. The number of nitrogens with two attached hydrogens (primary N) is 1. The zero-order chi connectivity index (χ0) is 15.0. The zero-order valence-electron chi connectivity index (χ0n) is 12.7. The van der Waals surface area contributed by atoms with Crippen molar-refractivity contribution in [2.45, 2.75) is 13.8 Å². The Hall–Kier alpha value is -1.57. The highest BCUT2D eigenvalue weighted by Crippen LogP contribution is 2.13. The first-order valence-corrected chi connectivity index (χ1v) is 6.58. The van der Waals surface area contributed by atoms with Crippen LogP contribution in [0.2, 0.25) is 0 Å². The summed E-state index contributed by atoms with van der Waals surface area (Å²) in [6.45, 7) is 5.63. The van der Waals surface area contributed by atoms with Crippen LogP contribution in [0.15, 0.2) is 18.3 Å². The van der Waals surface area contributed by atoms with Crippen molar-refractivity contribution in [2.75, 3.05) is 36.4 Å². The van der Waals surface area contributed by atoms with Crippen LogP contribution < -0.4 is 21.3 Å². The van der Waals surface area contributed by atoms with E-state index in [9.17, 15) is 9.59 Å². The van der Waals surface area contributed by atoms with E-state index in [1.165, 1.54) is 0 Å². The summed E-state index contributed by atoms with van der Waals surface area (Å²) in [6.07, 6.45) is 1.59. The highest BCUT2D eigenvalue weighted by Gasteiger charge is 2.06. The van der Waals surface area contributed by atoms with Crippen molar-refractivity contribution in [3.05, 3.63) is 18.3 Å². The van der Waals surface area contributed by atoms with E-state index in [1.54, 1.807) is 12.3 Å². The standard InChI is InChI=1S/C13H21N5O2.2ClH/c1-3-18(4-2)11-6-5-10(8-15-11)17-13(20)9-16-12(19)7-14;;/h5-6,8H,3-4,7,9,14H2,1-2H3,(H,16,19)(H,17,20);2*1H. The van der Waals surface area contributed by atoms with Gasteiger partial charge in [0.1, 0.15) is 5.82 Å². The van der Waals surface area contributed by atoms with Gasteiger partial charge in [0.2, 0.25) is 11.8 Å². The first-order chi connectivity index (χ1) is 9.60. The average molecular weight is 352 g/mol. The van der Waals surface area contributed by atoms with Gasteiger partial charge in [0.15, 0.2) is 0 Å². The van der Waals surface area contributed by atoms with E-state index in [4.69, 9.17) is 5.73 Å². The quantitative estimate of drug-likeness (QED) is 0.674. The molecule has 2 amide bonds. The van der Waals surface area contributed by atoms with Gasteiger partial charge in [-0.1, -0.05) is 0 Å². The zero-order valence-corrected chi connectivity index (χ0v) is 14.3. The molecule has 0 aromatic carbocycles. The number of carbonyl (C=O) groups is 2. The summed E-state index contributed by atoms with van der Waals surface area (Å²) in [6, 6.07) is 3.63. The number of pyridine rings is 1. The van der Waals surface area contributed by atoms with E-state index >= 15 is 0 Å². The second-order valence-electron chi connectivity index (χ2n) is 4.11. The number of rotatable bonds is 7. The molecule has 9 heteroatoms. The van der Waals surface area contributed by atoms with Crippen LogP contribution in [0.4, 0.5) is 11.5 Å². The van der Waals surface area contributed by atoms with E-state index < -0.39 is 0 Å². The first kappa shape index (κ1) is 22.7. The molecule has 0 aliphatic carbocycles. The molecule has 0 spiro atoms. The fourth-order valence-corrected chi connectivity index (χ4v) is 1.65. The van der Waals surface area contributed by atoms with Crippen LogP contribution in [-0.2, 0) is 9.59 Å². The molecule has 1 rings (SSSR count). The molecular formula is C13H23Cl2N5O2. The minimum atomic E-state index is -0.366. The third-order valence-electron chi connectivity index (χ3n) is 2.75. The Labute approximate surface area is 142 Å². The summed E-state index contributed by atoms with van der Waals surface area (Å²) < 4.78 is 0. The maximum absolute atomic E-state index is 11.6. The van der Waals surface area contributed by atoms with Crippen LogP contribution in [-0.4, -0.2) is 43.0 Å². The van der Waals surface area contributed by atoms with Gasteiger partial charge in [-0.2, -0.15) is 0 Å². The Morgan fingerprint density at radius 1 is 1.18 bits per heavy atom. The molecule has 126 valence electrons. The molecule has 1 aromatic rings. The highest BCUT2D eigenvalue weighted by molar-refractivity contribution is 5.94. The Kier molecular flexibility index (Phi) is 12.4. The van der Waals surface area contributed by atoms with Gasteiger partial charge in [-0.15, -0.1) is 24.8 Å². The smallest absolute Gasteiger partial charge is 0.243 e. The number of amides is 2. The topological polar surface area (TPSA) is 100 Å². The van der Waals surface area contributed by atoms with Gasteiger partial charge in [0, 0.05) is 13.1 Å². The minimum absolute atomic E-state index is 0. The van der Waals surface area contributed by atoms with Crippen LogP contribution in [0.3, 0.4) is 0 Å². The molecule has 4 N–H and O–H groups in total. The molecule has 0 saturated heterocycles. The van der Waals surface area contributed by atoms with E-state index in [2.05, 4.69) is 34.4 Å². The summed E-state index contributed by atoms with van der Waals surface area (Å²) in [5, 5.41) is 5.04. The van der Waals surface area contributed by atoms with Crippen LogP contribution in [0, 0.1) is 0 Å². The Bertz CT molecular complexity index is 452. The maximum atomic E-state index is 11.6. The van der Waals surface area contributed by atoms with Gasteiger partial charge >= 0.3 is 0 Å². The minimum Gasteiger partial charge on any atom is -0.357 e. The lowest BCUT2D eigenvalue weighted by atomic mass is 10.3.